The van der Waals surface area contributed by atoms with Crippen LogP contribution in [0.4, 0.5) is 23.8 Å². The van der Waals surface area contributed by atoms with Crippen molar-refractivity contribution < 1.29 is 32.7 Å². The van der Waals surface area contributed by atoms with E-state index >= 15 is 0 Å². The molecule has 1 aromatic carbocycles. The third-order valence-corrected chi connectivity index (χ3v) is 2.86. The summed E-state index contributed by atoms with van der Waals surface area (Å²) in [6, 6.07) is 9.52. The first-order valence-electron chi connectivity index (χ1n) is 6.47. The van der Waals surface area contributed by atoms with Gasteiger partial charge in [0.15, 0.2) is 0 Å². The van der Waals surface area contributed by atoms with Gasteiger partial charge in [-0.15, -0.1) is 4.68 Å². The molecule has 2 N–H and O–H groups in total. The molecule has 0 aliphatic rings. The van der Waals surface area contributed by atoms with Crippen molar-refractivity contribution in [2.45, 2.75) is 12.6 Å². The third kappa shape index (κ3) is 3.97. The van der Waals surface area contributed by atoms with Gasteiger partial charge in [-0.3, -0.25) is 9.59 Å². The van der Waals surface area contributed by atoms with Crippen LogP contribution in [0.1, 0.15) is 6.42 Å². The maximum absolute atomic E-state index is 12.1. The predicted octanol–water partition coefficient (Wildman–Crippen LogP) is 2.54. The molecule has 2 aromatic rings. The van der Waals surface area contributed by atoms with Crippen molar-refractivity contribution in [1.82, 2.24) is 9.78 Å². The molecule has 0 radical (unpaired) electrons. The second-order valence-electron chi connectivity index (χ2n) is 4.62. The second kappa shape index (κ2) is 6.52. The predicted molar refractivity (Wildman–Crippen MR) is 75.4 cm³/mol. The number of hydrogen-bond acceptors (Lipinski definition) is 4. The monoisotopic (exact) mass is 341 g/mol. The Bertz CT molecular complexity index is 784. The van der Waals surface area contributed by atoms with Gasteiger partial charge in [0.05, 0.1) is 12.1 Å². The summed E-state index contributed by atoms with van der Waals surface area (Å²) in [4.78, 5) is 33.4. The summed E-state index contributed by atoms with van der Waals surface area (Å²) in [6.45, 7) is 0. The van der Waals surface area contributed by atoms with Crippen LogP contribution >= 0.6 is 0 Å². The molecule has 0 saturated heterocycles. The normalized spacial score (nSPS) is 11.1. The summed E-state index contributed by atoms with van der Waals surface area (Å²) in [5, 5.41) is 14.8. The minimum Gasteiger partial charge on any atom is -0.463 e. The molecule has 24 heavy (non-hydrogen) atoms. The number of nitrogens with one attached hydrogen (secondary N) is 1. The number of carbonyl (C=O) groups is 3. The lowest BCUT2D eigenvalue weighted by atomic mass is 10.1. The Labute approximate surface area is 132 Å². The fourth-order valence-corrected chi connectivity index (χ4v) is 1.80. The van der Waals surface area contributed by atoms with Gasteiger partial charge in [-0.1, -0.05) is 30.3 Å². The minimum absolute atomic E-state index is 0.190. The number of rotatable bonds is 4. The maximum Gasteiger partial charge on any atom is 0.450 e. The van der Waals surface area contributed by atoms with Crippen molar-refractivity contribution in [2.75, 3.05) is 5.32 Å². The molecule has 0 bridgehead atoms. The molecular weight excluding hydrogens is 331 g/mol. The van der Waals surface area contributed by atoms with Gasteiger partial charge in [0.2, 0.25) is 11.7 Å². The maximum atomic E-state index is 12.1. The van der Waals surface area contributed by atoms with E-state index in [1.165, 1.54) is 6.07 Å². The van der Waals surface area contributed by atoms with Crippen LogP contribution < -0.4 is 5.32 Å². The number of benzene rings is 1. The van der Waals surface area contributed by atoms with Crippen LogP contribution in [-0.4, -0.2) is 38.8 Å². The Morgan fingerprint density at radius 1 is 1.17 bits per heavy atom. The van der Waals surface area contributed by atoms with E-state index in [9.17, 15) is 27.6 Å². The summed E-state index contributed by atoms with van der Waals surface area (Å²) in [5.74, 6) is -3.88. The van der Waals surface area contributed by atoms with Crippen molar-refractivity contribution in [2.24, 2.45) is 0 Å². The lowest BCUT2D eigenvalue weighted by Crippen LogP contribution is -2.28. The molecule has 0 spiro atoms. The Morgan fingerprint density at radius 3 is 2.33 bits per heavy atom. The summed E-state index contributed by atoms with van der Waals surface area (Å²) in [6.07, 6.45) is -8.14. The molecule has 0 unspecified atom stereocenters. The summed E-state index contributed by atoms with van der Waals surface area (Å²) in [7, 11) is 0. The number of ketones is 1. The van der Waals surface area contributed by atoms with Crippen LogP contribution in [0.15, 0.2) is 36.4 Å². The fraction of sp³-hybridized carbons (Fsp3) is 0.143. The van der Waals surface area contributed by atoms with Crippen LogP contribution in [0, 0.1) is 0 Å². The Hall–Kier alpha value is -3.17. The lowest BCUT2D eigenvalue weighted by molar-refractivity contribution is -0.171. The smallest absolute Gasteiger partial charge is 0.450 e. The molecular formula is C14H10F3N3O4. The van der Waals surface area contributed by atoms with Crippen LogP contribution in [0.5, 0.6) is 0 Å². The van der Waals surface area contributed by atoms with Gasteiger partial charge in [-0.2, -0.15) is 18.3 Å². The summed E-state index contributed by atoms with van der Waals surface area (Å²) >= 11 is 0. The molecule has 0 saturated carbocycles. The standard InChI is InChI=1S/C14H10F3N3O4/c15-14(16,17)10(21)7-12(22)18-11-6-9(19-20(11)13(23)24)8-4-2-1-3-5-8/h1-6H,7H2,(H,18,22)(H,23,24). The summed E-state index contributed by atoms with van der Waals surface area (Å²) < 4.78 is 36.8. The number of amides is 1. The van der Waals surface area contributed by atoms with Crippen LogP contribution in [0.2, 0.25) is 0 Å². The molecule has 1 heterocycles. The van der Waals surface area contributed by atoms with Crippen molar-refractivity contribution >= 4 is 23.6 Å². The molecule has 0 aliphatic heterocycles. The largest absolute Gasteiger partial charge is 0.463 e. The quantitative estimate of drug-likeness (QED) is 0.832. The van der Waals surface area contributed by atoms with E-state index in [1.54, 1.807) is 30.3 Å². The Balaban J connectivity index is 2.23. The zero-order chi connectivity index (χ0) is 17.9. The first kappa shape index (κ1) is 17.2. The highest BCUT2D eigenvalue weighted by Crippen LogP contribution is 2.22. The number of Topliss-reactive ketones (excluding diaryl/α,β-unsaturated/α-hetero) is 1. The molecule has 126 valence electrons. The molecule has 7 nitrogen and oxygen atoms in total. The van der Waals surface area contributed by atoms with E-state index in [4.69, 9.17) is 5.11 Å². The summed E-state index contributed by atoms with van der Waals surface area (Å²) in [5.41, 5.74) is 0.731. The number of alkyl halides is 3. The molecule has 10 heteroatoms. The van der Waals surface area contributed by atoms with Gasteiger partial charge in [0, 0.05) is 11.6 Å². The van der Waals surface area contributed by atoms with Gasteiger partial charge in [-0.25, -0.2) is 4.79 Å². The number of aromatic nitrogens is 2. The zero-order valence-electron chi connectivity index (χ0n) is 11.9. The molecule has 0 aliphatic carbocycles. The fourth-order valence-electron chi connectivity index (χ4n) is 1.80. The first-order valence-corrected chi connectivity index (χ1v) is 6.47. The number of halogens is 3. The number of anilines is 1. The molecule has 0 fully saturated rings. The first-order chi connectivity index (χ1) is 11.2. The molecule has 1 aromatic heterocycles. The number of carboxylic acid groups (broad SMARTS) is 1. The van der Waals surface area contributed by atoms with Gasteiger partial charge in [0.1, 0.15) is 5.82 Å². The van der Waals surface area contributed by atoms with Gasteiger partial charge in [-0.05, 0) is 0 Å². The lowest BCUT2D eigenvalue weighted by Gasteiger charge is -2.06. The minimum atomic E-state index is -5.14. The van der Waals surface area contributed by atoms with Gasteiger partial charge >= 0.3 is 12.3 Å². The van der Waals surface area contributed by atoms with Crippen molar-refractivity contribution in [1.29, 1.82) is 0 Å². The third-order valence-electron chi connectivity index (χ3n) is 2.86. The second-order valence-corrected chi connectivity index (χ2v) is 4.62. The average Bonchev–Trinajstić information content (AvgIpc) is 2.91. The van der Waals surface area contributed by atoms with Crippen molar-refractivity contribution in [3.63, 3.8) is 0 Å². The van der Waals surface area contributed by atoms with Crippen LogP contribution in [0.3, 0.4) is 0 Å². The highest BCUT2D eigenvalue weighted by Gasteiger charge is 2.39. The van der Waals surface area contributed by atoms with E-state index in [-0.39, 0.29) is 11.5 Å². The van der Waals surface area contributed by atoms with E-state index in [1.807, 2.05) is 5.32 Å². The number of hydrogen-bond donors (Lipinski definition) is 2. The number of carbonyl (C=O) groups excluding carboxylic acids is 2. The SMILES string of the molecule is O=C(CC(=O)C(F)(F)F)Nc1cc(-c2ccccc2)nn1C(=O)O. The van der Waals surface area contributed by atoms with E-state index < -0.39 is 30.4 Å². The van der Waals surface area contributed by atoms with Crippen molar-refractivity contribution in [3.05, 3.63) is 36.4 Å². The number of nitrogens with zero attached hydrogens (tertiary/aromatic N) is 2. The zero-order valence-corrected chi connectivity index (χ0v) is 11.9. The van der Waals surface area contributed by atoms with Gasteiger partial charge < -0.3 is 10.4 Å². The van der Waals surface area contributed by atoms with Crippen molar-refractivity contribution in [3.8, 4) is 11.3 Å². The van der Waals surface area contributed by atoms with Crippen LogP contribution in [-0.2, 0) is 9.59 Å². The molecule has 1 amide bonds. The van der Waals surface area contributed by atoms with E-state index in [0.717, 1.165) is 0 Å². The molecule has 2 rings (SSSR count). The highest BCUT2D eigenvalue weighted by molar-refractivity contribution is 6.06. The van der Waals surface area contributed by atoms with Gasteiger partial charge in [0.25, 0.3) is 0 Å². The van der Waals surface area contributed by atoms with E-state index in [0.29, 0.717) is 10.2 Å². The average molecular weight is 341 g/mol. The Kier molecular flexibility index (Phi) is 4.67. The van der Waals surface area contributed by atoms with E-state index in [2.05, 4.69) is 5.10 Å². The Morgan fingerprint density at radius 2 is 1.79 bits per heavy atom. The molecule has 0 atom stereocenters. The topological polar surface area (TPSA) is 101 Å². The van der Waals surface area contributed by atoms with Crippen LogP contribution in [0.25, 0.3) is 11.3 Å². The highest BCUT2D eigenvalue weighted by atomic mass is 19.4.